The quantitative estimate of drug-likeness (QED) is 0.566. The topological polar surface area (TPSA) is 17.1 Å². The van der Waals surface area contributed by atoms with Crippen molar-refractivity contribution in [1.82, 2.24) is 0 Å². The molecule has 1 aliphatic rings. The fraction of sp³-hybridized carbons (Fsp3) is 0.875. The van der Waals surface area contributed by atoms with Gasteiger partial charge in [-0.3, -0.25) is 0 Å². The van der Waals surface area contributed by atoms with Crippen LogP contribution in [0.4, 0.5) is 0 Å². The zero-order chi connectivity index (χ0) is 6.91. The summed E-state index contributed by atoms with van der Waals surface area (Å²) in [5.74, 6) is 0.336. The second-order valence-electron chi connectivity index (χ2n) is 3.51. The molecule has 0 bridgehead atoms. The predicted molar refractivity (Wildman–Crippen MR) is 37.3 cm³/mol. The Bertz CT molecular complexity index is 123. The molecule has 1 saturated carbocycles. The lowest BCUT2D eigenvalue weighted by molar-refractivity contribution is -0.117. The van der Waals surface area contributed by atoms with Crippen LogP contribution in [-0.4, -0.2) is 5.78 Å². The summed E-state index contributed by atoms with van der Waals surface area (Å²) >= 11 is 0. The molecule has 9 heavy (non-hydrogen) atoms. The van der Waals surface area contributed by atoms with Crippen LogP contribution in [0.15, 0.2) is 0 Å². The van der Waals surface area contributed by atoms with Crippen molar-refractivity contribution in [3.05, 3.63) is 0 Å². The highest BCUT2D eigenvalue weighted by molar-refractivity contribution is 5.75. The molecule has 0 saturated heterocycles. The van der Waals surface area contributed by atoms with Gasteiger partial charge in [-0.05, 0) is 31.6 Å². The molecular weight excluding hydrogens is 112 g/mol. The van der Waals surface area contributed by atoms with Gasteiger partial charge < -0.3 is 4.79 Å². The molecule has 1 aliphatic carbocycles. The maximum atomic E-state index is 10.5. The molecule has 0 aromatic rings. The smallest absolute Gasteiger partial charge is 0.129 e. The average Bonchev–Trinajstić information content (AvgIpc) is 2.45. The van der Waals surface area contributed by atoms with Crippen molar-refractivity contribution in [3.63, 3.8) is 0 Å². The monoisotopic (exact) mass is 126 g/mol. The van der Waals surface area contributed by atoms with Crippen molar-refractivity contribution in [2.24, 2.45) is 5.41 Å². The lowest BCUT2D eigenvalue weighted by Gasteiger charge is -2.03. The summed E-state index contributed by atoms with van der Waals surface area (Å²) in [5, 5.41) is 0. The Labute approximate surface area is 56.4 Å². The van der Waals surface area contributed by atoms with Crippen molar-refractivity contribution in [2.45, 2.75) is 39.5 Å². The van der Waals surface area contributed by atoms with Crippen LogP contribution >= 0.6 is 0 Å². The van der Waals surface area contributed by atoms with Gasteiger partial charge >= 0.3 is 0 Å². The fourth-order valence-electron chi connectivity index (χ4n) is 0.941. The number of ketones is 1. The first kappa shape index (κ1) is 6.79. The summed E-state index contributed by atoms with van der Waals surface area (Å²) in [5.41, 5.74) is 0.561. The van der Waals surface area contributed by atoms with Gasteiger partial charge in [0, 0.05) is 6.42 Å². The van der Waals surface area contributed by atoms with Gasteiger partial charge in [-0.2, -0.15) is 0 Å². The van der Waals surface area contributed by atoms with E-state index in [4.69, 9.17) is 0 Å². The van der Waals surface area contributed by atoms with Gasteiger partial charge in [-0.15, -0.1) is 0 Å². The maximum absolute atomic E-state index is 10.5. The van der Waals surface area contributed by atoms with E-state index >= 15 is 0 Å². The summed E-state index contributed by atoms with van der Waals surface area (Å²) in [6, 6.07) is 0. The highest BCUT2D eigenvalue weighted by Gasteiger charge is 2.36. The molecule has 0 N–H and O–H groups in total. The second-order valence-corrected chi connectivity index (χ2v) is 3.51. The lowest BCUT2D eigenvalue weighted by atomic mass is 10.0. The first-order valence-electron chi connectivity index (χ1n) is 3.62. The van der Waals surface area contributed by atoms with Crippen LogP contribution in [0, 0.1) is 5.41 Å². The Kier molecular flexibility index (Phi) is 1.60. The van der Waals surface area contributed by atoms with Gasteiger partial charge in [0.05, 0.1) is 0 Å². The third-order valence-corrected chi connectivity index (χ3v) is 2.18. The highest BCUT2D eigenvalue weighted by Crippen LogP contribution is 2.48. The van der Waals surface area contributed by atoms with Gasteiger partial charge in [-0.1, -0.05) is 6.92 Å². The minimum absolute atomic E-state index is 0.336. The normalized spacial score (nSPS) is 21.6. The molecular formula is C8H14O. The molecule has 1 nitrogen and oxygen atoms in total. The van der Waals surface area contributed by atoms with Crippen molar-refractivity contribution in [3.8, 4) is 0 Å². The molecule has 0 atom stereocenters. The molecule has 0 aromatic heterocycles. The molecule has 1 fully saturated rings. The molecule has 1 heteroatoms. The summed E-state index contributed by atoms with van der Waals surface area (Å²) < 4.78 is 0. The molecule has 52 valence electrons. The number of hydrogen-bond donors (Lipinski definition) is 0. The summed E-state index contributed by atoms with van der Waals surface area (Å²) in [7, 11) is 0. The summed E-state index contributed by atoms with van der Waals surface area (Å²) in [6.07, 6.45) is 4.57. The SMILES string of the molecule is CC(=O)CCC1(C)CC1. The van der Waals surface area contributed by atoms with E-state index in [0.717, 1.165) is 12.8 Å². The minimum atomic E-state index is 0.336. The zero-order valence-corrected chi connectivity index (χ0v) is 6.24. The van der Waals surface area contributed by atoms with Gasteiger partial charge in [0.15, 0.2) is 0 Å². The Balaban J connectivity index is 2.12. The van der Waals surface area contributed by atoms with E-state index in [9.17, 15) is 4.79 Å². The summed E-state index contributed by atoms with van der Waals surface area (Å²) in [6.45, 7) is 3.93. The van der Waals surface area contributed by atoms with E-state index in [1.54, 1.807) is 6.92 Å². The van der Waals surface area contributed by atoms with Crippen LogP contribution in [-0.2, 0) is 4.79 Å². The largest absolute Gasteiger partial charge is 0.300 e. The van der Waals surface area contributed by atoms with Gasteiger partial charge in [0.2, 0.25) is 0 Å². The molecule has 0 aromatic carbocycles. The first-order valence-corrected chi connectivity index (χ1v) is 3.62. The van der Waals surface area contributed by atoms with Crippen LogP contribution in [0.2, 0.25) is 0 Å². The van der Waals surface area contributed by atoms with Crippen LogP contribution < -0.4 is 0 Å². The van der Waals surface area contributed by atoms with Crippen molar-refractivity contribution < 1.29 is 4.79 Å². The molecule has 1 rings (SSSR count). The fourth-order valence-corrected chi connectivity index (χ4v) is 0.941. The Morgan fingerprint density at radius 1 is 1.56 bits per heavy atom. The maximum Gasteiger partial charge on any atom is 0.129 e. The minimum Gasteiger partial charge on any atom is -0.300 e. The number of carbonyl (C=O) groups is 1. The highest BCUT2D eigenvalue weighted by atomic mass is 16.1. The number of hydrogen-bond acceptors (Lipinski definition) is 1. The number of Topliss-reactive ketones (excluding diaryl/α,β-unsaturated/α-hetero) is 1. The van der Waals surface area contributed by atoms with E-state index in [-0.39, 0.29) is 0 Å². The third kappa shape index (κ3) is 2.17. The number of carbonyl (C=O) groups excluding carboxylic acids is 1. The van der Waals surface area contributed by atoms with E-state index in [1.807, 2.05) is 0 Å². The molecule has 0 aliphatic heterocycles. The zero-order valence-electron chi connectivity index (χ0n) is 6.24. The van der Waals surface area contributed by atoms with Gasteiger partial charge in [0.1, 0.15) is 5.78 Å². The van der Waals surface area contributed by atoms with Crippen LogP contribution in [0.5, 0.6) is 0 Å². The van der Waals surface area contributed by atoms with Crippen molar-refractivity contribution in [1.29, 1.82) is 0 Å². The standard InChI is InChI=1S/C8H14O/c1-7(9)3-4-8(2)5-6-8/h3-6H2,1-2H3. The molecule has 0 radical (unpaired) electrons. The lowest BCUT2D eigenvalue weighted by Crippen LogP contribution is -1.97. The van der Waals surface area contributed by atoms with Crippen molar-refractivity contribution >= 4 is 5.78 Å². The average molecular weight is 126 g/mol. The summed E-state index contributed by atoms with van der Waals surface area (Å²) in [4.78, 5) is 10.5. The van der Waals surface area contributed by atoms with E-state index in [1.165, 1.54) is 12.8 Å². The van der Waals surface area contributed by atoms with Gasteiger partial charge in [-0.25, -0.2) is 0 Å². The molecule has 0 heterocycles. The van der Waals surface area contributed by atoms with Crippen molar-refractivity contribution in [2.75, 3.05) is 0 Å². The van der Waals surface area contributed by atoms with Crippen LogP contribution in [0.1, 0.15) is 39.5 Å². The van der Waals surface area contributed by atoms with E-state index in [0.29, 0.717) is 11.2 Å². The van der Waals surface area contributed by atoms with E-state index in [2.05, 4.69) is 6.92 Å². The molecule has 0 amide bonds. The van der Waals surface area contributed by atoms with Gasteiger partial charge in [0.25, 0.3) is 0 Å². The Morgan fingerprint density at radius 3 is 2.44 bits per heavy atom. The first-order chi connectivity index (χ1) is 4.12. The van der Waals surface area contributed by atoms with Crippen LogP contribution in [0.25, 0.3) is 0 Å². The number of rotatable bonds is 3. The Morgan fingerprint density at radius 2 is 2.11 bits per heavy atom. The second kappa shape index (κ2) is 2.13. The van der Waals surface area contributed by atoms with E-state index < -0.39 is 0 Å². The Hall–Kier alpha value is -0.330. The third-order valence-electron chi connectivity index (χ3n) is 2.18. The van der Waals surface area contributed by atoms with Crippen LogP contribution in [0.3, 0.4) is 0 Å². The molecule has 0 spiro atoms. The predicted octanol–water partition coefficient (Wildman–Crippen LogP) is 2.16. The molecule has 0 unspecified atom stereocenters.